The molecule has 0 aromatic carbocycles. The third-order valence-electron chi connectivity index (χ3n) is 3.78. The van der Waals surface area contributed by atoms with E-state index in [0.717, 1.165) is 25.8 Å². The second-order valence-electron chi connectivity index (χ2n) is 4.97. The van der Waals surface area contributed by atoms with Crippen LogP contribution in [0.5, 0.6) is 0 Å². The van der Waals surface area contributed by atoms with Crippen molar-refractivity contribution in [2.24, 2.45) is 5.92 Å². The number of hydrogen-bond acceptors (Lipinski definition) is 4. The van der Waals surface area contributed by atoms with Crippen LogP contribution in [-0.4, -0.2) is 46.5 Å². The number of fused-ring (bicyclic) bond motifs is 1. The van der Waals surface area contributed by atoms with Gasteiger partial charge in [-0.2, -0.15) is 0 Å². The van der Waals surface area contributed by atoms with Gasteiger partial charge >= 0.3 is 0 Å². The van der Waals surface area contributed by atoms with Crippen molar-refractivity contribution in [3.63, 3.8) is 0 Å². The summed E-state index contributed by atoms with van der Waals surface area (Å²) in [4.78, 5) is 31.3. The summed E-state index contributed by atoms with van der Waals surface area (Å²) in [5, 5.41) is 3.45. The number of piperidine rings is 1. The molecule has 0 aliphatic carbocycles. The Hall–Kier alpha value is -1.69. The van der Waals surface area contributed by atoms with E-state index >= 15 is 0 Å². The van der Waals surface area contributed by atoms with Crippen molar-refractivity contribution < 1.29 is 4.79 Å². The highest BCUT2D eigenvalue weighted by atomic mass is 16.2. The van der Waals surface area contributed by atoms with Gasteiger partial charge < -0.3 is 15.2 Å². The molecule has 2 fully saturated rings. The fraction of sp³-hybridized carbons (Fsp3) is 0.583. The van der Waals surface area contributed by atoms with Crippen LogP contribution in [0.1, 0.15) is 23.3 Å². The number of nitrogens with one attached hydrogen (secondary N) is 2. The van der Waals surface area contributed by atoms with Gasteiger partial charge in [-0.25, -0.2) is 4.98 Å². The second-order valence-corrected chi connectivity index (χ2v) is 4.97. The van der Waals surface area contributed by atoms with Gasteiger partial charge in [0, 0.05) is 25.3 Å². The van der Waals surface area contributed by atoms with E-state index in [2.05, 4.69) is 15.3 Å². The molecule has 18 heavy (non-hydrogen) atoms. The molecule has 96 valence electrons. The Morgan fingerprint density at radius 3 is 3.06 bits per heavy atom. The van der Waals surface area contributed by atoms with E-state index in [1.807, 2.05) is 4.90 Å². The number of aromatic nitrogens is 2. The predicted octanol–water partition coefficient (Wildman–Crippen LogP) is -0.406. The normalized spacial score (nSPS) is 27.0. The first-order valence-corrected chi connectivity index (χ1v) is 6.31. The lowest BCUT2D eigenvalue weighted by Crippen LogP contribution is -2.41. The van der Waals surface area contributed by atoms with Gasteiger partial charge in [-0.3, -0.25) is 9.59 Å². The molecule has 2 N–H and O–H groups in total. The first-order valence-electron chi connectivity index (χ1n) is 6.31. The van der Waals surface area contributed by atoms with E-state index in [4.69, 9.17) is 0 Å². The first-order chi connectivity index (χ1) is 8.74. The lowest BCUT2D eigenvalue weighted by atomic mass is 9.94. The highest BCUT2D eigenvalue weighted by Gasteiger charge is 2.36. The zero-order chi connectivity index (χ0) is 12.5. The van der Waals surface area contributed by atoms with Crippen LogP contribution in [0.15, 0.2) is 17.2 Å². The van der Waals surface area contributed by atoms with Crippen molar-refractivity contribution in [2.45, 2.75) is 18.9 Å². The standard InChI is InChI=1S/C12H16N4O2/c17-11-5-14-9(4-15-11)12(18)16-6-8-2-1-3-13-10(8)7-16/h4-5,8,10,13H,1-3,6-7H2,(H,15,17). The van der Waals surface area contributed by atoms with Crippen molar-refractivity contribution in [1.29, 1.82) is 0 Å². The molecule has 1 aromatic rings. The molecule has 2 aliphatic heterocycles. The maximum atomic E-state index is 12.2. The van der Waals surface area contributed by atoms with Crippen LogP contribution in [-0.2, 0) is 0 Å². The fourth-order valence-corrected chi connectivity index (χ4v) is 2.83. The minimum atomic E-state index is -0.289. The fourth-order valence-electron chi connectivity index (χ4n) is 2.83. The van der Waals surface area contributed by atoms with E-state index in [1.165, 1.54) is 19.0 Å². The van der Waals surface area contributed by atoms with Crippen LogP contribution in [0.4, 0.5) is 0 Å². The summed E-state index contributed by atoms with van der Waals surface area (Å²) in [7, 11) is 0. The van der Waals surface area contributed by atoms with E-state index in [9.17, 15) is 9.59 Å². The molecule has 0 bridgehead atoms. The largest absolute Gasteiger partial charge is 0.335 e. The Bertz CT molecular complexity index is 479. The maximum absolute atomic E-state index is 12.2. The van der Waals surface area contributed by atoms with Gasteiger partial charge in [0.05, 0.1) is 6.20 Å². The monoisotopic (exact) mass is 248 g/mol. The van der Waals surface area contributed by atoms with E-state index in [0.29, 0.717) is 17.7 Å². The van der Waals surface area contributed by atoms with Crippen molar-refractivity contribution >= 4 is 5.91 Å². The molecule has 2 aliphatic rings. The van der Waals surface area contributed by atoms with Gasteiger partial charge in [0.2, 0.25) is 0 Å². The summed E-state index contributed by atoms with van der Waals surface area (Å²) in [5.41, 5.74) is 0.0246. The SMILES string of the molecule is O=C(c1c[nH]c(=O)cn1)N1CC2CCCNC2C1. The Morgan fingerprint density at radius 1 is 1.44 bits per heavy atom. The smallest absolute Gasteiger partial charge is 0.274 e. The minimum Gasteiger partial charge on any atom is -0.335 e. The number of amides is 1. The zero-order valence-corrected chi connectivity index (χ0v) is 10.1. The van der Waals surface area contributed by atoms with Gasteiger partial charge in [0.15, 0.2) is 0 Å². The highest BCUT2D eigenvalue weighted by molar-refractivity contribution is 5.92. The molecular formula is C12H16N4O2. The van der Waals surface area contributed by atoms with Gasteiger partial charge in [0.25, 0.3) is 11.5 Å². The molecule has 3 rings (SSSR count). The van der Waals surface area contributed by atoms with Crippen molar-refractivity contribution in [3.8, 4) is 0 Å². The topological polar surface area (TPSA) is 78.1 Å². The Balaban J connectivity index is 1.74. The van der Waals surface area contributed by atoms with Crippen LogP contribution in [0.3, 0.4) is 0 Å². The van der Waals surface area contributed by atoms with Crippen LogP contribution in [0.2, 0.25) is 0 Å². The number of aromatic amines is 1. The molecule has 0 spiro atoms. The average molecular weight is 248 g/mol. The van der Waals surface area contributed by atoms with Crippen LogP contribution >= 0.6 is 0 Å². The molecule has 6 heteroatoms. The van der Waals surface area contributed by atoms with Gasteiger partial charge in [-0.15, -0.1) is 0 Å². The Kier molecular flexibility index (Phi) is 2.87. The Morgan fingerprint density at radius 2 is 2.33 bits per heavy atom. The second kappa shape index (κ2) is 4.53. The Labute approximate surface area is 104 Å². The third kappa shape index (κ3) is 2.03. The number of nitrogens with zero attached hydrogens (tertiary/aromatic N) is 2. The van der Waals surface area contributed by atoms with Crippen molar-refractivity contribution in [3.05, 3.63) is 28.4 Å². The number of hydrogen-bond donors (Lipinski definition) is 2. The lowest BCUT2D eigenvalue weighted by Gasteiger charge is -2.24. The lowest BCUT2D eigenvalue weighted by molar-refractivity contribution is 0.0779. The highest BCUT2D eigenvalue weighted by Crippen LogP contribution is 2.25. The number of H-pyrrole nitrogens is 1. The minimum absolute atomic E-state index is 0.0950. The summed E-state index contributed by atoms with van der Waals surface area (Å²) in [6.45, 7) is 2.57. The molecule has 0 radical (unpaired) electrons. The molecular weight excluding hydrogens is 232 g/mol. The molecule has 1 aromatic heterocycles. The number of rotatable bonds is 1. The quantitative estimate of drug-likeness (QED) is 0.708. The summed E-state index contributed by atoms with van der Waals surface area (Å²) < 4.78 is 0. The van der Waals surface area contributed by atoms with Crippen LogP contribution < -0.4 is 10.9 Å². The summed E-state index contributed by atoms with van der Waals surface area (Å²) in [6.07, 6.45) is 4.90. The first kappa shape index (κ1) is 11.4. The van der Waals surface area contributed by atoms with E-state index in [-0.39, 0.29) is 11.5 Å². The van der Waals surface area contributed by atoms with Crippen LogP contribution in [0, 0.1) is 5.92 Å². The predicted molar refractivity (Wildman–Crippen MR) is 65.3 cm³/mol. The molecule has 2 saturated heterocycles. The van der Waals surface area contributed by atoms with Crippen molar-refractivity contribution in [2.75, 3.05) is 19.6 Å². The number of likely N-dealkylation sites (tertiary alicyclic amines) is 1. The summed E-state index contributed by atoms with van der Waals surface area (Å²) >= 11 is 0. The molecule has 6 nitrogen and oxygen atoms in total. The maximum Gasteiger partial charge on any atom is 0.274 e. The van der Waals surface area contributed by atoms with E-state index in [1.54, 1.807) is 0 Å². The number of carbonyl (C=O) groups is 1. The van der Waals surface area contributed by atoms with Crippen molar-refractivity contribution in [1.82, 2.24) is 20.2 Å². The zero-order valence-electron chi connectivity index (χ0n) is 10.1. The molecule has 0 saturated carbocycles. The number of carbonyl (C=O) groups excluding carboxylic acids is 1. The summed E-state index contributed by atoms with van der Waals surface area (Å²) in [6, 6.07) is 0.422. The molecule has 3 heterocycles. The van der Waals surface area contributed by atoms with Crippen LogP contribution in [0.25, 0.3) is 0 Å². The van der Waals surface area contributed by atoms with Gasteiger partial charge in [0.1, 0.15) is 5.69 Å². The molecule has 2 atom stereocenters. The third-order valence-corrected chi connectivity index (χ3v) is 3.78. The summed E-state index contributed by atoms with van der Waals surface area (Å²) in [5.74, 6) is 0.466. The molecule has 1 amide bonds. The molecule has 2 unspecified atom stereocenters. The van der Waals surface area contributed by atoms with Gasteiger partial charge in [-0.05, 0) is 25.3 Å². The van der Waals surface area contributed by atoms with E-state index < -0.39 is 0 Å². The average Bonchev–Trinajstić information content (AvgIpc) is 2.82. The van der Waals surface area contributed by atoms with Gasteiger partial charge in [-0.1, -0.05) is 0 Å².